The monoisotopic (exact) mass is 394 g/mol. The van der Waals surface area contributed by atoms with Gasteiger partial charge in [0.15, 0.2) is 0 Å². The highest BCUT2D eigenvalue weighted by atomic mass is 35.5. The zero-order valence-electron chi connectivity index (χ0n) is 14.2. The van der Waals surface area contributed by atoms with Crippen molar-refractivity contribution < 1.29 is 0 Å². The number of aryl methyl sites for hydroxylation is 1. The van der Waals surface area contributed by atoms with Gasteiger partial charge in [-0.15, -0.1) is 37.2 Å². The smallest absolute Gasteiger partial charge is 0.0483 e. The molecule has 0 amide bonds. The lowest BCUT2D eigenvalue weighted by atomic mass is 10.2. The van der Waals surface area contributed by atoms with Crippen LogP contribution in [0.15, 0.2) is 30.5 Å². The van der Waals surface area contributed by atoms with Crippen LogP contribution in [0, 0.1) is 0 Å². The number of para-hydroxylation sites is 1. The van der Waals surface area contributed by atoms with E-state index in [1.54, 1.807) is 0 Å². The predicted octanol–water partition coefficient (Wildman–Crippen LogP) is 2.92. The van der Waals surface area contributed by atoms with E-state index in [0.29, 0.717) is 0 Å². The number of nitrogens with zero attached hydrogens (tertiary/aromatic N) is 2. The lowest BCUT2D eigenvalue weighted by Crippen LogP contribution is -2.45. The van der Waals surface area contributed by atoms with E-state index in [2.05, 4.69) is 57.5 Å². The topological polar surface area (TPSA) is 32.2 Å². The van der Waals surface area contributed by atoms with Crippen LogP contribution >= 0.6 is 37.2 Å². The van der Waals surface area contributed by atoms with Crippen LogP contribution in [0.3, 0.4) is 0 Å². The van der Waals surface area contributed by atoms with E-state index in [-0.39, 0.29) is 37.2 Å². The van der Waals surface area contributed by atoms with Crippen LogP contribution in [0.25, 0.3) is 10.9 Å². The molecular weight excluding hydrogens is 367 g/mol. The molecule has 3 rings (SSSR count). The number of fused-ring (bicyclic) bond motifs is 1. The molecule has 138 valence electrons. The van der Waals surface area contributed by atoms with Crippen LogP contribution in [0.2, 0.25) is 0 Å². The van der Waals surface area contributed by atoms with Crippen LogP contribution in [-0.2, 0) is 13.1 Å². The van der Waals surface area contributed by atoms with Gasteiger partial charge in [0.05, 0.1) is 0 Å². The van der Waals surface area contributed by atoms with Gasteiger partial charge >= 0.3 is 0 Å². The van der Waals surface area contributed by atoms with Gasteiger partial charge in [0.1, 0.15) is 0 Å². The second kappa shape index (κ2) is 12.0. The van der Waals surface area contributed by atoms with E-state index >= 15 is 0 Å². The summed E-state index contributed by atoms with van der Waals surface area (Å²) in [5, 5.41) is 8.38. The molecule has 2 aromatic rings. The van der Waals surface area contributed by atoms with Gasteiger partial charge in [-0.25, -0.2) is 0 Å². The fourth-order valence-corrected chi connectivity index (χ4v) is 3.12. The molecule has 1 fully saturated rings. The molecule has 24 heavy (non-hydrogen) atoms. The van der Waals surface area contributed by atoms with Gasteiger partial charge in [-0.3, -0.25) is 4.90 Å². The van der Waals surface area contributed by atoms with Gasteiger partial charge < -0.3 is 15.2 Å². The molecule has 0 radical (unpaired) electrons. The average molecular weight is 396 g/mol. The van der Waals surface area contributed by atoms with Crippen LogP contribution in [0.4, 0.5) is 0 Å². The van der Waals surface area contributed by atoms with Gasteiger partial charge in [-0.05, 0) is 18.6 Å². The molecular formula is C17H29Cl3N4. The fraction of sp³-hybridized carbons (Fsp3) is 0.529. The first kappa shape index (κ1) is 23.5. The first-order chi connectivity index (χ1) is 10.4. The number of hydrogen-bond acceptors (Lipinski definition) is 3. The fourth-order valence-electron chi connectivity index (χ4n) is 3.12. The van der Waals surface area contributed by atoms with E-state index < -0.39 is 0 Å². The summed E-state index contributed by atoms with van der Waals surface area (Å²) in [6.07, 6.45) is 2.29. The number of hydrogen-bond donors (Lipinski definition) is 2. The highest BCUT2D eigenvalue weighted by Gasteiger charge is 2.09. The minimum absolute atomic E-state index is 0. The van der Waals surface area contributed by atoms with Crippen molar-refractivity contribution in [2.24, 2.45) is 0 Å². The number of nitrogens with one attached hydrogen (secondary N) is 2. The Morgan fingerprint density at radius 3 is 2.50 bits per heavy atom. The summed E-state index contributed by atoms with van der Waals surface area (Å²) in [5.41, 5.74) is 2.76. The quantitative estimate of drug-likeness (QED) is 0.738. The zero-order valence-corrected chi connectivity index (χ0v) is 16.6. The second-order valence-electron chi connectivity index (χ2n) is 5.73. The van der Waals surface area contributed by atoms with Crippen molar-refractivity contribution in [3.63, 3.8) is 0 Å². The molecule has 4 nitrogen and oxygen atoms in total. The van der Waals surface area contributed by atoms with Crippen LogP contribution in [0.1, 0.15) is 12.5 Å². The van der Waals surface area contributed by atoms with E-state index in [9.17, 15) is 0 Å². The average Bonchev–Trinajstić information content (AvgIpc) is 2.91. The third kappa shape index (κ3) is 5.80. The molecule has 2 N–H and O–H groups in total. The number of benzene rings is 1. The lowest BCUT2D eigenvalue weighted by Gasteiger charge is -2.27. The molecule has 0 spiro atoms. The number of halogens is 3. The van der Waals surface area contributed by atoms with E-state index in [1.807, 2.05) is 0 Å². The highest BCUT2D eigenvalue weighted by Crippen LogP contribution is 2.21. The maximum atomic E-state index is 3.60. The first-order valence-electron chi connectivity index (χ1n) is 8.09. The molecule has 1 aromatic heterocycles. The lowest BCUT2D eigenvalue weighted by molar-refractivity contribution is 0.241. The van der Waals surface area contributed by atoms with Crippen molar-refractivity contribution in [3.05, 3.63) is 36.0 Å². The molecule has 0 unspecified atom stereocenters. The normalized spacial score (nSPS) is 14.5. The van der Waals surface area contributed by atoms with Crippen LogP contribution in [0.5, 0.6) is 0 Å². The summed E-state index contributed by atoms with van der Waals surface area (Å²) in [4.78, 5) is 2.53. The van der Waals surface area contributed by atoms with Gasteiger partial charge in [0.25, 0.3) is 0 Å². The van der Waals surface area contributed by atoms with Crippen LogP contribution < -0.4 is 10.6 Å². The number of rotatable bonds is 6. The Labute approximate surface area is 163 Å². The first-order valence-corrected chi connectivity index (χ1v) is 8.09. The van der Waals surface area contributed by atoms with Gasteiger partial charge in [-0.2, -0.15) is 0 Å². The molecule has 1 aliphatic heterocycles. The molecule has 0 atom stereocenters. The van der Waals surface area contributed by atoms with Crippen molar-refractivity contribution in [1.29, 1.82) is 0 Å². The predicted molar refractivity (Wildman–Crippen MR) is 110 cm³/mol. The van der Waals surface area contributed by atoms with Gasteiger partial charge in [0.2, 0.25) is 0 Å². The Kier molecular flexibility index (Phi) is 11.7. The Balaban J connectivity index is 0.00000176. The summed E-state index contributed by atoms with van der Waals surface area (Å²) < 4.78 is 2.34. The Hall–Kier alpha value is -0.490. The summed E-state index contributed by atoms with van der Waals surface area (Å²) >= 11 is 0. The Morgan fingerprint density at radius 1 is 1.08 bits per heavy atom. The van der Waals surface area contributed by atoms with Crippen molar-refractivity contribution in [3.8, 4) is 0 Å². The molecule has 0 bridgehead atoms. The minimum Gasteiger partial charge on any atom is -0.347 e. The molecule has 1 aliphatic rings. The summed E-state index contributed by atoms with van der Waals surface area (Å²) in [7, 11) is 0. The van der Waals surface area contributed by atoms with E-state index in [0.717, 1.165) is 39.3 Å². The molecule has 0 saturated carbocycles. The summed E-state index contributed by atoms with van der Waals surface area (Å²) in [5.74, 6) is 0. The van der Waals surface area contributed by atoms with Crippen molar-refractivity contribution >= 4 is 48.1 Å². The maximum absolute atomic E-state index is 3.60. The standard InChI is InChI=1S/C17H26N4.3ClH/c1-2-21-14-15(16-5-3-4-6-17(16)21)13-19-9-12-20-10-7-18-8-11-20;;;/h3-6,14,18-19H,2,7-13H2,1H3;3*1H. The third-order valence-corrected chi connectivity index (χ3v) is 4.34. The van der Waals surface area contributed by atoms with Crippen LogP contribution in [-0.4, -0.2) is 48.7 Å². The van der Waals surface area contributed by atoms with Crippen molar-refractivity contribution in [2.75, 3.05) is 39.3 Å². The largest absolute Gasteiger partial charge is 0.347 e. The van der Waals surface area contributed by atoms with Crippen molar-refractivity contribution in [1.82, 2.24) is 20.1 Å². The molecule has 7 heteroatoms. The minimum atomic E-state index is 0. The SMILES string of the molecule is CCn1cc(CNCCN2CCNCC2)c2ccccc21.Cl.Cl.Cl. The maximum Gasteiger partial charge on any atom is 0.0483 e. The molecule has 0 aliphatic carbocycles. The summed E-state index contributed by atoms with van der Waals surface area (Å²) in [6, 6.07) is 8.69. The number of aromatic nitrogens is 1. The highest BCUT2D eigenvalue weighted by molar-refractivity contribution is 5.86. The third-order valence-electron chi connectivity index (χ3n) is 4.34. The van der Waals surface area contributed by atoms with Crippen molar-refractivity contribution in [2.45, 2.75) is 20.0 Å². The van der Waals surface area contributed by atoms with Gasteiger partial charge in [-0.1, -0.05) is 18.2 Å². The van der Waals surface area contributed by atoms with Gasteiger partial charge in [0, 0.05) is 69.5 Å². The Morgan fingerprint density at radius 2 is 1.79 bits per heavy atom. The summed E-state index contributed by atoms with van der Waals surface area (Å²) in [6.45, 7) is 11.0. The molecule has 2 heterocycles. The Bertz CT molecular complexity index is 582. The second-order valence-corrected chi connectivity index (χ2v) is 5.73. The molecule has 1 aromatic carbocycles. The molecule has 1 saturated heterocycles. The zero-order chi connectivity index (χ0) is 14.5. The van der Waals surface area contributed by atoms with E-state index in [4.69, 9.17) is 0 Å². The van der Waals surface area contributed by atoms with E-state index in [1.165, 1.54) is 29.6 Å². The number of piperazine rings is 1.